The number of pyridine rings is 1. The summed E-state index contributed by atoms with van der Waals surface area (Å²) in [5.41, 5.74) is 0.367. The highest BCUT2D eigenvalue weighted by atomic mass is 79.9. The SMILES string of the molecule is Fc1ccc(Br)c(F)c1-c1cccnc1. The average Bonchev–Trinajstić information content (AvgIpc) is 2.26. The van der Waals surface area contributed by atoms with Crippen LogP contribution in [0.1, 0.15) is 0 Å². The van der Waals surface area contributed by atoms with E-state index in [0.29, 0.717) is 5.56 Å². The highest BCUT2D eigenvalue weighted by Gasteiger charge is 2.13. The third-order valence-electron chi connectivity index (χ3n) is 1.99. The van der Waals surface area contributed by atoms with Gasteiger partial charge in [-0.05, 0) is 34.1 Å². The van der Waals surface area contributed by atoms with Crippen molar-refractivity contribution in [2.24, 2.45) is 0 Å². The van der Waals surface area contributed by atoms with Gasteiger partial charge >= 0.3 is 0 Å². The Bertz CT molecular complexity index is 485. The van der Waals surface area contributed by atoms with Crippen LogP contribution < -0.4 is 0 Å². The summed E-state index contributed by atoms with van der Waals surface area (Å²) in [6, 6.07) is 5.80. The number of rotatable bonds is 1. The van der Waals surface area contributed by atoms with Crippen molar-refractivity contribution in [1.82, 2.24) is 4.98 Å². The molecule has 0 aliphatic carbocycles. The summed E-state index contributed by atoms with van der Waals surface area (Å²) in [4.78, 5) is 3.82. The fourth-order valence-electron chi connectivity index (χ4n) is 1.30. The Morgan fingerprint density at radius 1 is 1.13 bits per heavy atom. The lowest BCUT2D eigenvalue weighted by molar-refractivity contribution is 0.585. The van der Waals surface area contributed by atoms with Crippen LogP contribution >= 0.6 is 15.9 Å². The second-order valence-electron chi connectivity index (χ2n) is 2.96. The van der Waals surface area contributed by atoms with Gasteiger partial charge in [-0.2, -0.15) is 0 Å². The summed E-state index contributed by atoms with van der Waals surface area (Å²) in [6.07, 6.45) is 2.98. The van der Waals surface area contributed by atoms with E-state index in [9.17, 15) is 8.78 Å². The first-order chi connectivity index (χ1) is 7.20. The standard InChI is InChI=1S/C11H6BrF2N/c12-8-3-4-9(13)10(11(8)14)7-2-1-5-15-6-7/h1-6H. The lowest BCUT2D eigenvalue weighted by Gasteiger charge is -2.05. The molecule has 2 aromatic rings. The van der Waals surface area contributed by atoms with Crippen molar-refractivity contribution < 1.29 is 8.78 Å². The zero-order valence-corrected chi connectivity index (χ0v) is 9.13. The smallest absolute Gasteiger partial charge is 0.148 e. The Labute approximate surface area is 93.9 Å². The topological polar surface area (TPSA) is 12.9 Å². The number of nitrogens with zero attached hydrogens (tertiary/aromatic N) is 1. The van der Waals surface area contributed by atoms with Gasteiger partial charge in [0.25, 0.3) is 0 Å². The van der Waals surface area contributed by atoms with E-state index in [1.54, 1.807) is 18.3 Å². The maximum atomic E-state index is 13.6. The van der Waals surface area contributed by atoms with E-state index in [1.165, 1.54) is 18.3 Å². The van der Waals surface area contributed by atoms with Gasteiger partial charge in [0.05, 0.1) is 10.0 Å². The first kappa shape index (κ1) is 10.2. The number of halogens is 3. The zero-order valence-electron chi connectivity index (χ0n) is 7.55. The fraction of sp³-hybridized carbons (Fsp3) is 0. The van der Waals surface area contributed by atoms with Gasteiger partial charge in [0.2, 0.25) is 0 Å². The molecule has 4 heteroatoms. The predicted octanol–water partition coefficient (Wildman–Crippen LogP) is 3.79. The van der Waals surface area contributed by atoms with Crippen molar-refractivity contribution in [1.29, 1.82) is 0 Å². The van der Waals surface area contributed by atoms with Crippen LogP contribution in [0.25, 0.3) is 11.1 Å². The summed E-state index contributed by atoms with van der Waals surface area (Å²) < 4.78 is 27.3. The van der Waals surface area contributed by atoms with E-state index in [-0.39, 0.29) is 10.0 Å². The van der Waals surface area contributed by atoms with Crippen LogP contribution in [0.5, 0.6) is 0 Å². The minimum Gasteiger partial charge on any atom is -0.264 e. The quantitative estimate of drug-likeness (QED) is 0.718. The van der Waals surface area contributed by atoms with Crippen molar-refractivity contribution in [3.8, 4) is 11.1 Å². The molecule has 0 saturated carbocycles. The summed E-state index contributed by atoms with van der Waals surface area (Å²) in [5.74, 6) is -1.20. The molecule has 76 valence electrons. The molecule has 1 aromatic heterocycles. The lowest BCUT2D eigenvalue weighted by atomic mass is 10.1. The molecule has 0 spiro atoms. The number of hydrogen-bond acceptors (Lipinski definition) is 1. The minimum absolute atomic E-state index is 0.0579. The van der Waals surface area contributed by atoms with E-state index >= 15 is 0 Å². The van der Waals surface area contributed by atoms with E-state index < -0.39 is 11.6 Å². The molecule has 1 nitrogen and oxygen atoms in total. The number of aromatic nitrogens is 1. The van der Waals surface area contributed by atoms with Crippen molar-refractivity contribution >= 4 is 15.9 Å². The maximum absolute atomic E-state index is 13.6. The summed E-state index contributed by atoms with van der Waals surface area (Å²) in [5, 5.41) is 0. The second kappa shape index (κ2) is 4.06. The summed E-state index contributed by atoms with van der Waals surface area (Å²) in [7, 11) is 0. The van der Waals surface area contributed by atoms with Crippen LogP contribution in [0.3, 0.4) is 0 Å². The molecule has 0 aliphatic heterocycles. The molecule has 15 heavy (non-hydrogen) atoms. The van der Waals surface area contributed by atoms with Crippen molar-refractivity contribution in [2.75, 3.05) is 0 Å². The van der Waals surface area contributed by atoms with Crippen LogP contribution in [0.2, 0.25) is 0 Å². The van der Waals surface area contributed by atoms with Crippen LogP contribution in [0.4, 0.5) is 8.78 Å². The molecule has 0 N–H and O–H groups in total. The second-order valence-corrected chi connectivity index (χ2v) is 3.81. The largest absolute Gasteiger partial charge is 0.264 e. The van der Waals surface area contributed by atoms with Gasteiger partial charge in [0, 0.05) is 18.0 Å². The molecule has 1 heterocycles. The molecule has 0 atom stereocenters. The van der Waals surface area contributed by atoms with Gasteiger partial charge < -0.3 is 0 Å². The van der Waals surface area contributed by atoms with Gasteiger partial charge in [0.15, 0.2) is 0 Å². The van der Waals surface area contributed by atoms with Gasteiger partial charge in [-0.1, -0.05) is 6.07 Å². The van der Waals surface area contributed by atoms with Crippen LogP contribution in [0, 0.1) is 11.6 Å². The minimum atomic E-state index is -0.608. The average molecular weight is 270 g/mol. The third kappa shape index (κ3) is 1.90. The molecule has 0 saturated heterocycles. The van der Waals surface area contributed by atoms with Crippen molar-refractivity contribution in [3.63, 3.8) is 0 Å². The van der Waals surface area contributed by atoms with Crippen LogP contribution in [-0.2, 0) is 0 Å². The molecular formula is C11H6BrF2N. The Morgan fingerprint density at radius 3 is 2.60 bits per heavy atom. The fourth-order valence-corrected chi connectivity index (χ4v) is 1.63. The van der Waals surface area contributed by atoms with Crippen LogP contribution in [-0.4, -0.2) is 4.98 Å². The predicted molar refractivity (Wildman–Crippen MR) is 57.3 cm³/mol. The first-order valence-electron chi connectivity index (χ1n) is 4.24. The highest BCUT2D eigenvalue weighted by Crippen LogP contribution is 2.29. The van der Waals surface area contributed by atoms with Crippen LogP contribution in [0.15, 0.2) is 41.1 Å². The molecule has 0 bridgehead atoms. The Kier molecular flexibility index (Phi) is 2.77. The number of hydrogen-bond donors (Lipinski definition) is 0. The monoisotopic (exact) mass is 269 g/mol. The molecule has 2 rings (SSSR count). The van der Waals surface area contributed by atoms with Crippen molar-refractivity contribution in [2.45, 2.75) is 0 Å². The highest BCUT2D eigenvalue weighted by molar-refractivity contribution is 9.10. The molecule has 0 radical (unpaired) electrons. The third-order valence-corrected chi connectivity index (χ3v) is 2.61. The van der Waals surface area contributed by atoms with E-state index in [1.807, 2.05) is 0 Å². The first-order valence-corrected chi connectivity index (χ1v) is 5.03. The molecule has 0 unspecified atom stereocenters. The maximum Gasteiger partial charge on any atom is 0.148 e. The Balaban J connectivity index is 2.68. The molecule has 0 fully saturated rings. The lowest BCUT2D eigenvalue weighted by Crippen LogP contribution is -1.91. The van der Waals surface area contributed by atoms with E-state index in [0.717, 1.165) is 0 Å². The summed E-state index contributed by atoms with van der Waals surface area (Å²) in [6.45, 7) is 0. The van der Waals surface area contributed by atoms with Gasteiger partial charge in [-0.3, -0.25) is 4.98 Å². The van der Waals surface area contributed by atoms with Gasteiger partial charge in [-0.25, -0.2) is 8.78 Å². The number of benzene rings is 1. The Hall–Kier alpha value is -1.29. The molecule has 0 aliphatic rings. The molecule has 0 amide bonds. The molecular weight excluding hydrogens is 264 g/mol. The van der Waals surface area contributed by atoms with Gasteiger partial charge in [-0.15, -0.1) is 0 Å². The normalized spacial score (nSPS) is 10.3. The molecule has 1 aromatic carbocycles. The van der Waals surface area contributed by atoms with Crippen molar-refractivity contribution in [3.05, 3.63) is 52.8 Å². The zero-order chi connectivity index (χ0) is 10.8. The Morgan fingerprint density at radius 2 is 1.93 bits per heavy atom. The van der Waals surface area contributed by atoms with Gasteiger partial charge in [0.1, 0.15) is 11.6 Å². The van der Waals surface area contributed by atoms with E-state index in [2.05, 4.69) is 20.9 Å². The summed E-state index contributed by atoms with van der Waals surface area (Å²) >= 11 is 3.02. The van der Waals surface area contributed by atoms with E-state index in [4.69, 9.17) is 0 Å².